The molecule has 0 bridgehead atoms. The van der Waals surface area contributed by atoms with E-state index in [4.69, 9.17) is 9.47 Å². The molecule has 2 aromatic carbocycles. The fraction of sp³-hybridized carbons (Fsp3) is 0.480. The first-order valence-corrected chi connectivity index (χ1v) is 11.1. The summed E-state index contributed by atoms with van der Waals surface area (Å²) in [5.74, 6) is 0.432. The molecule has 1 aliphatic carbocycles. The van der Waals surface area contributed by atoms with Gasteiger partial charge < -0.3 is 14.8 Å². The first-order chi connectivity index (χ1) is 14.6. The van der Waals surface area contributed by atoms with Crippen molar-refractivity contribution in [3.05, 3.63) is 53.1 Å². The van der Waals surface area contributed by atoms with E-state index >= 15 is 0 Å². The third kappa shape index (κ3) is 3.50. The van der Waals surface area contributed by atoms with Gasteiger partial charge in [-0.2, -0.15) is 0 Å². The molecule has 1 amide bonds. The highest BCUT2D eigenvalue weighted by Crippen LogP contribution is 2.40. The summed E-state index contributed by atoms with van der Waals surface area (Å²) in [4.78, 5) is 14.6. The molecule has 1 spiro atoms. The van der Waals surface area contributed by atoms with Crippen molar-refractivity contribution >= 4 is 5.91 Å². The van der Waals surface area contributed by atoms with Crippen LogP contribution in [-0.2, 0) is 11.3 Å². The molecule has 158 valence electrons. The Morgan fingerprint density at radius 1 is 1.10 bits per heavy atom. The molecule has 2 aliphatic heterocycles. The fourth-order valence-electron chi connectivity index (χ4n) is 4.87. The Balaban J connectivity index is 1.31. The van der Waals surface area contributed by atoms with Crippen molar-refractivity contribution in [2.75, 3.05) is 20.1 Å². The molecule has 2 heterocycles. The number of carbonyl (C=O) groups is 1. The number of carbonyl (C=O) groups excluding carboxylic acids is 1. The number of likely N-dealkylation sites (tertiary alicyclic amines) is 1. The summed E-state index contributed by atoms with van der Waals surface area (Å²) in [5, 5.41) is 2.69. The van der Waals surface area contributed by atoms with Crippen LogP contribution in [0.3, 0.4) is 0 Å². The first-order valence-electron chi connectivity index (χ1n) is 11.1. The Labute approximate surface area is 178 Å². The lowest BCUT2D eigenvalue weighted by Crippen LogP contribution is -2.54. The maximum Gasteiger partial charge on any atom is 0.251 e. The molecule has 1 N–H and O–H groups in total. The highest BCUT2D eigenvalue weighted by molar-refractivity contribution is 5.96. The summed E-state index contributed by atoms with van der Waals surface area (Å²) < 4.78 is 12.7. The molecule has 0 unspecified atom stereocenters. The van der Waals surface area contributed by atoms with Gasteiger partial charge in [0, 0.05) is 50.1 Å². The van der Waals surface area contributed by atoms with Gasteiger partial charge >= 0.3 is 0 Å². The molecular formula is C25H30N2O3. The maximum absolute atomic E-state index is 12.0. The van der Waals surface area contributed by atoms with Crippen molar-refractivity contribution in [2.45, 2.75) is 57.5 Å². The average molecular weight is 407 g/mol. The largest absolute Gasteiger partial charge is 0.462 e. The van der Waals surface area contributed by atoms with E-state index in [1.807, 2.05) is 19.1 Å². The number of aryl methyl sites for hydroxylation is 1. The lowest BCUT2D eigenvalue weighted by Gasteiger charge is -2.47. The van der Waals surface area contributed by atoms with Gasteiger partial charge in [-0.1, -0.05) is 24.6 Å². The highest BCUT2D eigenvalue weighted by atomic mass is 16.7. The monoisotopic (exact) mass is 406 g/mol. The smallest absolute Gasteiger partial charge is 0.251 e. The average Bonchev–Trinajstić information content (AvgIpc) is 2.73. The summed E-state index contributed by atoms with van der Waals surface area (Å²) in [6, 6.07) is 13.1. The quantitative estimate of drug-likeness (QED) is 0.827. The van der Waals surface area contributed by atoms with Crippen molar-refractivity contribution < 1.29 is 14.3 Å². The van der Waals surface area contributed by atoms with Gasteiger partial charge in [-0.05, 0) is 54.7 Å². The lowest BCUT2D eigenvalue weighted by molar-refractivity contribution is -0.231. The third-order valence-corrected chi connectivity index (χ3v) is 7.03. The van der Waals surface area contributed by atoms with Gasteiger partial charge in [0.05, 0.1) is 6.61 Å². The Kier molecular flexibility index (Phi) is 5.03. The van der Waals surface area contributed by atoms with E-state index in [2.05, 4.69) is 34.5 Å². The molecule has 3 aliphatic rings. The number of amides is 1. The summed E-state index contributed by atoms with van der Waals surface area (Å²) >= 11 is 0. The lowest BCUT2D eigenvalue weighted by atomic mass is 9.89. The van der Waals surface area contributed by atoms with Crippen LogP contribution in [-0.4, -0.2) is 42.8 Å². The van der Waals surface area contributed by atoms with Crippen LogP contribution >= 0.6 is 0 Å². The number of benzene rings is 2. The minimum Gasteiger partial charge on any atom is -0.462 e. The van der Waals surface area contributed by atoms with E-state index in [1.165, 1.54) is 19.3 Å². The second-order valence-corrected chi connectivity index (χ2v) is 8.85. The second-order valence-electron chi connectivity index (χ2n) is 8.85. The van der Waals surface area contributed by atoms with Crippen LogP contribution in [0.5, 0.6) is 5.75 Å². The van der Waals surface area contributed by atoms with Crippen molar-refractivity contribution in [3.8, 4) is 16.9 Å². The van der Waals surface area contributed by atoms with Gasteiger partial charge in [-0.25, -0.2) is 0 Å². The van der Waals surface area contributed by atoms with Crippen molar-refractivity contribution in [2.24, 2.45) is 0 Å². The van der Waals surface area contributed by atoms with Crippen LogP contribution in [0, 0.1) is 6.92 Å². The third-order valence-electron chi connectivity index (χ3n) is 7.03. The molecular weight excluding hydrogens is 376 g/mol. The van der Waals surface area contributed by atoms with E-state index < -0.39 is 5.79 Å². The first kappa shape index (κ1) is 19.6. The van der Waals surface area contributed by atoms with Crippen molar-refractivity contribution in [3.63, 3.8) is 0 Å². The molecule has 5 heteroatoms. The number of hydrogen-bond acceptors (Lipinski definition) is 4. The number of rotatable bonds is 3. The normalized spacial score (nSPS) is 20.9. The predicted molar refractivity (Wildman–Crippen MR) is 117 cm³/mol. The van der Waals surface area contributed by atoms with E-state index in [-0.39, 0.29) is 5.91 Å². The van der Waals surface area contributed by atoms with E-state index in [1.54, 1.807) is 7.05 Å². The standard InChI is InChI=1S/C25H30N2O3/c1-17-14-18(6-8-22(17)24(28)26-2)19-7-9-23-20(15-19)16-29-25(30-23)10-12-27(13-11-25)21-4-3-5-21/h6-9,14-15,21H,3-5,10-13,16H2,1-2H3,(H,26,28). The molecule has 1 saturated heterocycles. The van der Waals surface area contributed by atoms with Crippen molar-refractivity contribution in [1.29, 1.82) is 0 Å². The molecule has 0 aromatic heterocycles. The van der Waals surface area contributed by atoms with Crippen LogP contribution in [0.15, 0.2) is 36.4 Å². The molecule has 5 rings (SSSR count). The number of ether oxygens (including phenoxy) is 2. The van der Waals surface area contributed by atoms with Gasteiger partial charge in [-0.3, -0.25) is 9.69 Å². The zero-order valence-corrected chi connectivity index (χ0v) is 17.9. The molecule has 0 atom stereocenters. The molecule has 1 saturated carbocycles. The Hall–Kier alpha value is -2.37. The van der Waals surface area contributed by atoms with Gasteiger partial charge in [0.1, 0.15) is 5.75 Å². The Morgan fingerprint density at radius 2 is 1.83 bits per heavy atom. The van der Waals surface area contributed by atoms with E-state index in [0.29, 0.717) is 12.2 Å². The number of fused-ring (bicyclic) bond motifs is 1. The maximum atomic E-state index is 12.0. The Bertz CT molecular complexity index is 959. The van der Waals surface area contributed by atoms with E-state index in [9.17, 15) is 4.79 Å². The molecule has 5 nitrogen and oxygen atoms in total. The number of nitrogens with zero attached hydrogens (tertiary/aromatic N) is 1. The number of piperidine rings is 1. The Morgan fingerprint density at radius 3 is 2.50 bits per heavy atom. The number of hydrogen-bond donors (Lipinski definition) is 1. The van der Waals surface area contributed by atoms with Gasteiger partial charge in [0.25, 0.3) is 5.91 Å². The minimum atomic E-state index is -0.458. The SMILES string of the molecule is CNC(=O)c1ccc(-c2ccc3c(c2)COC2(CCN(C4CCC4)CC2)O3)cc1C. The molecule has 0 radical (unpaired) electrons. The summed E-state index contributed by atoms with van der Waals surface area (Å²) in [7, 11) is 1.66. The zero-order chi connectivity index (χ0) is 20.7. The number of nitrogens with one attached hydrogen (secondary N) is 1. The zero-order valence-electron chi connectivity index (χ0n) is 17.9. The van der Waals surface area contributed by atoms with Crippen LogP contribution < -0.4 is 10.1 Å². The summed E-state index contributed by atoms with van der Waals surface area (Å²) in [6.07, 6.45) is 5.95. The minimum absolute atomic E-state index is 0.0556. The van der Waals surface area contributed by atoms with Crippen molar-refractivity contribution in [1.82, 2.24) is 10.2 Å². The molecule has 2 aromatic rings. The predicted octanol–water partition coefficient (Wildman–Crippen LogP) is 4.28. The van der Waals surface area contributed by atoms with Gasteiger partial charge in [0.2, 0.25) is 5.79 Å². The van der Waals surface area contributed by atoms with Gasteiger partial charge in [0.15, 0.2) is 0 Å². The van der Waals surface area contributed by atoms with Crippen LogP contribution in [0.25, 0.3) is 11.1 Å². The van der Waals surface area contributed by atoms with E-state index in [0.717, 1.165) is 60.0 Å². The van der Waals surface area contributed by atoms with Gasteiger partial charge in [-0.15, -0.1) is 0 Å². The van der Waals surface area contributed by atoms with Crippen LogP contribution in [0.2, 0.25) is 0 Å². The second kappa shape index (κ2) is 7.71. The topological polar surface area (TPSA) is 50.8 Å². The molecule has 2 fully saturated rings. The fourth-order valence-corrected chi connectivity index (χ4v) is 4.87. The highest BCUT2D eigenvalue weighted by Gasteiger charge is 2.42. The van der Waals surface area contributed by atoms with Crippen LogP contribution in [0.1, 0.15) is 53.6 Å². The summed E-state index contributed by atoms with van der Waals surface area (Å²) in [6.45, 7) is 4.68. The van der Waals surface area contributed by atoms with Crippen LogP contribution in [0.4, 0.5) is 0 Å². The molecule has 30 heavy (non-hydrogen) atoms. The summed E-state index contributed by atoms with van der Waals surface area (Å²) in [5.41, 5.74) is 4.98.